The molecule has 0 atom stereocenters. The predicted octanol–water partition coefficient (Wildman–Crippen LogP) is 4.14. The molecule has 4 aromatic rings. The first-order chi connectivity index (χ1) is 19.0. The van der Waals surface area contributed by atoms with E-state index in [1.807, 2.05) is 41.3 Å². The average molecular weight is 546 g/mol. The van der Waals surface area contributed by atoms with Gasteiger partial charge >= 0.3 is 0 Å². The Labute approximate surface area is 231 Å². The third-order valence-electron chi connectivity index (χ3n) is 6.57. The molecule has 0 aliphatic carbocycles. The number of nitrogens with zero attached hydrogens (tertiary/aromatic N) is 6. The molecular weight excluding hydrogens is 514 g/mol. The first-order valence-electron chi connectivity index (χ1n) is 12.8. The standard InChI is InChI=1S/C28H31N7O3S/c1-4-25-33-26(20-13-19(17-36)14-22(15-20)38-3)27(39-25)23-7-8-29-28(32-23)31-21-5-6-24(30-16-21)35-11-9-34(10-12-35)18(2)37/h5-8,13-16,36H,4,9-12,17H2,1-3H3,(H,29,31,32). The topological polar surface area (TPSA) is 117 Å². The van der Waals surface area contributed by atoms with Crippen molar-refractivity contribution >= 4 is 34.7 Å². The number of ether oxygens (including phenoxy) is 1. The van der Waals surface area contributed by atoms with Crippen molar-refractivity contribution < 1.29 is 14.6 Å². The zero-order valence-corrected chi connectivity index (χ0v) is 23.0. The van der Waals surface area contributed by atoms with Crippen LogP contribution in [0.25, 0.3) is 21.8 Å². The number of pyridine rings is 1. The van der Waals surface area contributed by atoms with Crippen LogP contribution in [-0.4, -0.2) is 69.1 Å². The number of rotatable bonds is 8. The Kier molecular flexibility index (Phi) is 7.99. The molecule has 5 rings (SSSR count). The fourth-order valence-electron chi connectivity index (χ4n) is 4.46. The van der Waals surface area contributed by atoms with E-state index >= 15 is 0 Å². The highest BCUT2D eigenvalue weighted by molar-refractivity contribution is 7.15. The fourth-order valence-corrected chi connectivity index (χ4v) is 5.46. The van der Waals surface area contributed by atoms with Crippen LogP contribution in [0.5, 0.6) is 5.75 Å². The molecule has 11 heteroatoms. The largest absolute Gasteiger partial charge is 0.497 e. The highest BCUT2D eigenvalue weighted by atomic mass is 32.1. The first kappa shape index (κ1) is 26.5. The van der Waals surface area contributed by atoms with Crippen molar-refractivity contribution in [1.29, 1.82) is 0 Å². The Morgan fingerprint density at radius 3 is 2.59 bits per heavy atom. The van der Waals surface area contributed by atoms with Crippen molar-refractivity contribution in [3.63, 3.8) is 0 Å². The third kappa shape index (κ3) is 5.99. The molecule has 0 bridgehead atoms. The Balaban J connectivity index is 1.37. The van der Waals surface area contributed by atoms with Gasteiger partial charge in [0.15, 0.2) is 0 Å². The summed E-state index contributed by atoms with van der Waals surface area (Å²) >= 11 is 1.59. The van der Waals surface area contributed by atoms with Crippen LogP contribution in [0.1, 0.15) is 24.4 Å². The van der Waals surface area contributed by atoms with Gasteiger partial charge in [-0.05, 0) is 48.4 Å². The normalized spacial score (nSPS) is 13.4. The van der Waals surface area contributed by atoms with E-state index in [1.165, 1.54) is 0 Å². The average Bonchev–Trinajstić information content (AvgIpc) is 3.42. The van der Waals surface area contributed by atoms with Gasteiger partial charge in [0.1, 0.15) is 11.6 Å². The van der Waals surface area contributed by atoms with Crippen LogP contribution in [0.4, 0.5) is 17.5 Å². The van der Waals surface area contributed by atoms with Crippen molar-refractivity contribution in [3.8, 4) is 27.6 Å². The summed E-state index contributed by atoms with van der Waals surface area (Å²) in [6.45, 7) is 6.51. The van der Waals surface area contributed by atoms with Crippen LogP contribution in [0, 0.1) is 0 Å². The maximum absolute atomic E-state index is 11.6. The van der Waals surface area contributed by atoms with Crippen molar-refractivity contribution in [1.82, 2.24) is 24.8 Å². The van der Waals surface area contributed by atoms with Crippen molar-refractivity contribution in [2.45, 2.75) is 26.9 Å². The van der Waals surface area contributed by atoms with Crippen LogP contribution in [-0.2, 0) is 17.8 Å². The fraction of sp³-hybridized carbons (Fsp3) is 0.321. The number of piperazine rings is 1. The van der Waals surface area contributed by atoms with Gasteiger partial charge in [-0.2, -0.15) is 0 Å². The number of aryl methyl sites for hydroxylation is 1. The number of carbonyl (C=O) groups excluding carboxylic acids is 1. The molecule has 1 aliphatic rings. The summed E-state index contributed by atoms with van der Waals surface area (Å²) < 4.78 is 5.45. The SMILES string of the molecule is CCc1nc(-c2cc(CO)cc(OC)c2)c(-c2ccnc(Nc3ccc(N4CCN(C(C)=O)CC4)nc3)n2)s1. The lowest BCUT2D eigenvalue weighted by Crippen LogP contribution is -2.48. The Bertz CT molecular complexity index is 1430. The minimum absolute atomic E-state index is 0.0900. The quantitative estimate of drug-likeness (QED) is 0.337. The van der Waals surface area contributed by atoms with Gasteiger partial charge in [0.05, 0.1) is 46.9 Å². The summed E-state index contributed by atoms with van der Waals surface area (Å²) in [6, 6.07) is 11.4. The predicted molar refractivity (Wildman–Crippen MR) is 152 cm³/mol. The number of methoxy groups -OCH3 is 1. The van der Waals surface area contributed by atoms with Crippen LogP contribution < -0.4 is 15.0 Å². The van der Waals surface area contributed by atoms with E-state index in [4.69, 9.17) is 14.7 Å². The lowest BCUT2D eigenvalue weighted by Gasteiger charge is -2.34. The molecule has 1 fully saturated rings. The van der Waals surface area contributed by atoms with E-state index < -0.39 is 0 Å². The molecule has 2 N–H and O–H groups in total. The zero-order chi connectivity index (χ0) is 27.4. The second kappa shape index (κ2) is 11.7. The number of aliphatic hydroxyl groups is 1. The maximum Gasteiger partial charge on any atom is 0.227 e. The van der Waals surface area contributed by atoms with Crippen LogP contribution in [0.3, 0.4) is 0 Å². The summed E-state index contributed by atoms with van der Waals surface area (Å²) in [5.41, 5.74) is 3.94. The second-order valence-corrected chi connectivity index (χ2v) is 10.2. The van der Waals surface area contributed by atoms with E-state index in [-0.39, 0.29) is 12.5 Å². The number of hydrogen-bond donors (Lipinski definition) is 2. The van der Waals surface area contributed by atoms with Crippen LogP contribution >= 0.6 is 11.3 Å². The number of thiazole rings is 1. The minimum atomic E-state index is -0.0900. The molecule has 1 aromatic carbocycles. The molecule has 0 spiro atoms. The van der Waals surface area contributed by atoms with E-state index in [0.717, 1.165) is 63.4 Å². The number of anilines is 3. The molecule has 1 amide bonds. The van der Waals surface area contributed by atoms with E-state index in [1.54, 1.807) is 37.8 Å². The van der Waals surface area contributed by atoms with Gasteiger partial charge in [-0.15, -0.1) is 11.3 Å². The number of aromatic nitrogens is 4. The second-order valence-electron chi connectivity index (χ2n) is 9.16. The number of hydrogen-bond acceptors (Lipinski definition) is 10. The number of nitrogens with one attached hydrogen (secondary N) is 1. The molecular formula is C28H31N7O3S. The molecule has 39 heavy (non-hydrogen) atoms. The number of carbonyl (C=O) groups is 1. The first-order valence-corrected chi connectivity index (χ1v) is 13.6. The zero-order valence-electron chi connectivity index (χ0n) is 22.2. The van der Waals surface area contributed by atoms with Gasteiger partial charge in [-0.3, -0.25) is 4.79 Å². The summed E-state index contributed by atoms with van der Waals surface area (Å²) in [5, 5.41) is 14.0. The van der Waals surface area contributed by atoms with Gasteiger partial charge in [-0.1, -0.05) is 6.92 Å². The summed E-state index contributed by atoms with van der Waals surface area (Å²) in [6.07, 6.45) is 4.29. The highest BCUT2D eigenvalue weighted by Gasteiger charge is 2.20. The Morgan fingerprint density at radius 2 is 1.92 bits per heavy atom. The van der Waals surface area contributed by atoms with Gasteiger partial charge in [0, 0.05) is 44.9 Å². The van der Waals surface area contributed by atoms with Gasteiger partial charge < -0.3 is 25.0 Å². The lowest BCUT2D eigenvalue weighted by molar-refractivity contribution is -0.129. The van der Waals surface area contributed by atoms with E-state index in [0.29, 0.717) is 24.8 Å². The number of benzene rings is 1. The van der Waals surface area contributed by atoms with Gasteiger partial charge in [0.25, 0.3) is 0 Å². The van der Waals surface area contributed by atoms with Gasteiger partial charge in [-0.25, -0.2) is 19.9 Å². The van der Waals surface area contributed by atoms with E-state index in [9.17, 15) is 9.90 Å². The van der Waals surface area contributed by atoms with Crippen molar-refractivity contribution in [3.05, 3.63) is 59.4 Å². The molecule has 0 unspecified atom stereocenters. The molecule has 1 saturated heterocycles. The number of amides is 1. The van der Waals surface area contributed by atoms with Crippen molar-refractivity contribution in [2.24, 2.45) is 0 Å². The van der Waals surface area contributed by atoms with Crippen LogP contribution in [0.15, 0.2) is 48.8 Å². The molecule has 10 nitrogen and oxygen atoms in total. The summed E-state index contributed by atoms with van der Waals surface area (Å²) in [4.78, 5) is 35.2. The maximum atomic E-state index is 11.6. The Hall–Kier alpha value is -4.09. The third-order valence-corrected chi connectivity index (χ3v) is 7.80. The minimum Gasteiger partial charge on any atom is -0.497 e. The number of aliphatic hydroxyl groups excluding tert-OH is 1. The van der Waals surface area contributed by atoms with Gasteiger partial charge in [0.2, 0.25) is 11.9 Å². The lowest BCUT2D eigenvalue weighted by atomic mass is 10.1. The molecule has 0 saturated carbocycles. The van der Waals surface area contributed by atoms with Crippen LogP contribution in [0.2, 0.25) is 0 Å². The molecule has 1 aliphatic heterocycles. The highest BCUT2D eigenvalue weighted by Crippen LogP contribution is 2.38. The molecule has 202 valence electrons. The van der Waals surface area contributed by atoms with Crippen molar-refractivity contribution in [2.75, 3.05) is 43.5 Å². The van der Waals surface area contributed by atoms with E-state index in [2.05, 4.69) is 27.1 Å². The smallest absolute Gasteiger partial charge is 0.227 e. The molecule has 0 radical (unpaired) electrons. The Morgan fingerprint density at radius 1 is 1.10 bits per heavy atom. The molecule has 3 aromatic heterocycles. The summed E-state index contributed by atoms with van der Waals surface area (Å²) in [5.74, 6) is 2.10. The summed E-state index contributed by atoms with van der Waals surface area (Å²) in [7, 11) is 1.61. The molecule has 4 heterocycles. The monoisotopic (exact) mass is 545 g/mol.